The molecule has 142 valence electrons. The molecule has 7 nitrogen and oxygen atoms in total. The molecule has 1 fully saturated rings. The van der Waals surface area contributed by atoms with E-state index < -0.39 is 11.6 Å². The van der Waals surface area contributed by atoms with E-state index in [0.717, 1.165) is 16.2 Å². The van der Waals surface area contributed by atoms with Gasteiger partial charge in [-0.1, -0.05) is 26.0 Å². The van der Waals surface area contributed by atoms with Crippen LogP contribution in [0.3, 0.4) is 0 Å². The van der Waals surface area contributed by atoms with Crippen LogP contribution in [0.25, 0.3) is 0 Å². The van der Waals surface area contributed by atoms with Crippen molar-refractivity contribution in [1.29, 1.82) is 0 Å². The second kappa shape index (κ2) is 8.21. The molecule has 2 rings (SSSR count). The van der Waals surface area contributed by atoms with Gasteiger partial charge in [-0.2, -0.15) is 0 Å². The lowest BCUT2D eigenvalue weighted by Crippen LogP contribution is -2.45. The highest BCUT2D eigenvalue weighted by Crippen LogP contribution is 2.24. The molecule has 1 aliphatic rings. The van der Waals surface area contributed by atoms with Crippen LogP contribution in [-0.4, -0.2) is 48.5 Å². The number of carbonyl (C=O) groups excluding carboxylic acids is 3. The highest BCUT2D eigenvalue weighted by molar-refractivity contribution is 6.08. The zero-order valence-electron chi connectivity index (χ0n) is 15.8. The molecule has 2 N–H and O–H groups in total. The molecule has 1 saturated heterocycles. The Hall–Kier alpha value is -2.57. The predicted octanol–water partition coefficient (Wildman–Crippen LogP) is 1.71. The number of nitrogens with zero attached hydrogens (tertiary/aromatic N) is 1. The highest BCUT2D eigenvalue weighted by Gasteiger charge is 2.47. The van der Waals surface area contributed by atoms with Gasteiger partial charge in [0.2, 0.25) is 5.91 Å². The van der Waals surface area contributed by atoms with Crippen LogP contribution in [-0.2, 0) is 16.0 Å². The lowest BCUT2D eigenvalue weighted by atomic mass is 9.93. The molecule has 1 atom stereocenters. The smallest absolute Gasteiger partial charge is 0.325 e. The van der Waals surface area contributed by atoms with Gasteiger partial charge in [0.05, 0.1) is 7.11 Å². The number of amides is 4. The number of benzene rings is 1. The molecule has 26 heavy (non-hydrogen) atoms. The van der Waals surface area contributed by atoms with Crippen molar-refractivity contribution in [2.75, 3.05) is 20.2 Å². The minimum absolute atomic E-state index is 0.254. The number of nitrogens with one attached hydrogen (secondary N) is 2. The van der Waals surface area contributed by atoms with Gasteiger partial charge in [-0.05, 0) is 43.4 Å². The van der Waals surface area contributed by atoms with Gasteiger partial charge in [-0.15, -0.1) is 0 Å². The predicted molar refractivity (Wildman–Crippen MR) is 97.8 cm³/mol. The number of aryl methyl sites for hydroxylation is 1. The Labute approximate surface area is 154 Å². The van der Waals surface area contributed by atoms with Crippen LogP contribution >= 0.6 is 0 Å². The topological polar surface area (TPSA) is 87.7 Å². The van der Waals surface area contributed by atoms with E-state index in [1.807, 2.05) is 38.1 Å². The van der Waals surface area contributed by atoms with E-state index in [1.54, 1.807) is 14.0 Å². The Morgan fingerprint density at radius 2 is 1.92 bits per heavy atom. The second-order valence-electron chi connectivity index (χ2n) is 7.20. The molecule has 1 heterocycles. The van der Waals surface area contributed by atoms with E-state index >= 15 is 0 Å². The summed E-state index contributed by atoms with van der Waals surface area (Å²) in [6.07, 6.45) is 1.08. The number of urea groups is 1. The fourth-order valence-electron chi connectivity index (χ4n) is 2.76. The zero-order valence-corrected chi connectivity index (χ0v) is 15.8. The van der Waals surface area contributed by atoms with Crippen LogP contribution in [0.1, 0.15) is 32.8 Å². The lowest BCUT2D eigenvalue weighted by Gasteiger charge is -2.21. The van der Waals surface area contributed by atoms with Crippen molar-refractivity contribution < 1.29 is 19.1 Å². The molecule has 0 aromatic heterocycles. The first-order valence-corrected chi connectivity index (χ1v) is 8.79. The standard InChI is InChI=1S/C19H27N3O4/c1-13(2)11-20-16(23)12-22-17(24)19(3,21-18(22)25)10-9-14-5-7-15(26-4)8-6-14/h5-8,13H,9-12H2,1-4H3,(H,20,23)(H,21,25)/t19-/m1/s1. The quantitative estimate of drug-likeness (QED) is 0.690. The molecule has 0 bridgehead atoms. The van der Waals surface area contributed by atoms with E-state index in [0.29, 0.717) is 25.3 Å². The number of rotatable bonds is 8. The molecule has 4 amide bonds. The molecule has 0 aliphatic carbocycles. The number of imide groups is 1. The summed E-state index contributed by atoms with van der Waals surface area (Å²) in [4.78, 5) is 37.8. The summed E-state index contributed by atoms with van der Waals surface area (Å²) >= 11 is 0. The SMILES string of the molecule is COc1ccc(CC[C@@]2(C)NC(=O)N(CC(=O)NCC(C)C)C2=O)cc1. The number of ether oxygens (including phenoxy) is 1. The van der Waals surface area contributed by atoms with Crippen molar-refractivity contribution in [3.05, 3.63) is 29.8 Å². The molecule has 0 saturated carbocycles. The molecule has 1 aromatic rings. The van der Waals surface area contributed by atoms with Gasteiger partial charge < -0.3 is 15.4 Å². The molecular formula is C19H27N3O4. The van der Waals surface area contributed by atoms with Crippen molar-refractivity contribution in [3.8, 4) is 5.75 Å². The first-order chi connectivity index (χ1) is 12.2. The Kier molecular flexibility index (Phi) is 6.23. The van der Waals surface area contributed by atoms with Gasteiger partial charge in [-0.3, -0.25) is 14.5 Å². The van der Waals surface area contributed by atoms with E-state index in [4.69, 9.17) is 4.74 Å². The fourth-order valence-corrected chi connectivity index (χ4v) is 2.76. The van der Waals surface area contributed by atoms with E-state index in [1.165, 1.54) is 0 Å². The largest absolute Gasteiger partial charge is 0.497 e. The molecule has 7 heteroatoms. The van der Waals surface area contributed by atoms with Gasteiger partial charge in [0.15, 0.2) is 0 Å². The van der Waals surface area contributed by atoms with Crippen LogP contribution in [0.4, 0.5) is 4.79 Å². The summed E-state index contributed by atoms with van der Waals surface area (Å²) in [5.41, 5.74) is 0.0391. The summed E-state index contributed by atoms with van der Waals surface area (Å²) in [5.74, 6) is 0.373. The van der Waals surface area contributed by atoms with Crippen molar-refractivity contribution in [2.24, 2.45) is 5.92 Å². The normalized spacial score (nSPS) is 19.7. The molecule has 0 radical (unpaired) electrons. The van der Waals surface area contributed by atoms with Crippen molar-refractivity contribution in [3.63, 3.8) is 0 Å². The van der Waals surface area contributed by atoms with Crippen LogP contribution < -0.4 is 15.4 Å². The maximum atomic E-state index is 12.7. The number of methoxy groups -OCH3 is 1. The Bertz CT molecular complexity index is 672. The molecule has 1 aliphatic heterocycles. The fraction of sp³-hybridized carbons (Fsp3) is 0.526. The van der Waals surface area contributed by atoms with E-state index in [2.05, 4.69) is 10.6 Å². The number of hydrogen-bond donors (Lipinski definition) is 2. The third-order valence-corrected chi connectivity index (χ3v) is 4.43. The second-order valence-corrected chi connectivity index (χ2v) is 7.20. The number of carbonyl (C=O) groups is 3. The van der Waals surface area contributed by atoms with Crippen LogP contribution in [0, 0.1) is 5.92 Å². The highest BCUT2D eigenvalue weighted by atomic mass is 16.5. The third-order valence-electron chi connectivity index (χ3n) is 4.43. The Morgan fingerprint density at radius 1 is 1.27 bits per heavy atom. The van der Waals surface area contributed by atoms with E-state index in [-0.39, 0.29) is 18.4 Å². The van der Waals surface area contributed by atoms with Gasteiger partial charge in [0.25, 0.3) is 5.91 Å². The van der Waals surface area contributed by atoms with Crippen molar-refractivity contribution in [2.45, 2.75) is 39.2 Å². The monoisotopic (exact) mass is 361 g/mol. The average molecular weight is 361 g/mol. The van der Waals surface area contributed by atoms with Crippen molar-refractivity contribution in [1.82, 2.24) is 15.5 Å². The summed E-state index contributed by atoms with van der Waals surface area (Å²) in [7, 11) is 1.61. The lowest BCUT2D eigenvalue weighted by molar-refractivity contribution is -0.134. The number of hydrogen-bond acceptors (Lipinski definition) is 4. The van der Waals surface area contributed by atoms with Crippen LogP contribution in [0.2, 0.25) is 0 Å². The van der Waals surface area contributed by atoms with Gasteiger partial charge in [0, 0.05) is 6.54 Å². The molecule has 0 spiro atoms. The van der Waals surface area contributed by atoms with Gasteiger partial charge >= 0.3 is 6.03 Å². The van der Waals surface area contributed by atoms with Gasteiger partial charge in [0.1, 0.15) is 17.8 Å². The minimum atomic E-state index is -1.00. The summed E-state index contributed by atoms with van der Waals surface area (Å²) in [6.45, 7) is 5.91. The molecular weight excluding hydrogens is 334 g/mol. The summed E-state index contributed by atoms with van der Waals surface area (Å²) < 4.78 is 5.13. The molecule has 1 aromatic carbocycles. The summed E-state index contributed by atoms with van der Waals surface area (Å²) in [6, 6.07) is 7.06. The Balaban J connectivity index is 1.95. The maximum Gasteiger partial charge on any atom is 0.325 e. The third kappa shape index (κ3) is 4.74. The minimum Gasteiger partial charge on any atom is -0.497 e. The van der Waals surface area contributed by atoms with Crippen LogP contribution in [0.15, 0.2) is 24.3 Å². The maximum absolute atomic E-state index is 12.7. The Morgan fingerprint density at radius 3 is 2.50 bits per heavy atom. The van der Waals surface area contributed by atoms with Gasteiger partial charge in [-0.25, -0.2) is 4.79 Å². The molecule has 0 unspecified atom stereocenters. The zero-order chi connectivity index (χ0) is 19.3. The van der Waals surface area contributed by atoms with Crippen LogP contribution in [0.5, 0.6) is 5.75 Å². The first kappa shape index (κ1) is 19.8. The first-order valence-electron chi connectivity index (χ1n) is 8.79. The van der Waals surface area contributed by atoms with Crippen molar-refractivity contribution >= 4 is 17.8 Å². The van der Waals surface area contributed by atoms with E-state index in [9.17, 15) is 14.4 Å². The summed E-state index contributed by atoms with van der Waals surface area (Å²) in [5, 5.41) is 5.45. The average Bonchev–Trinajstić information content (AvgIpc) is 2.82.